The van der Waals surface area contributed by atoms with E-state index in [1.807, 2.05) is 6.07 Å². The minimum atomic E-state index is 0.850. The van der Waals surface area contributed by atoms with Gasteiger partial charge in [0, 0.05) is 32.9 Å². The number of hydrogen-bond donors (Lipinski definition) is 0. The number of benzene rings is 10. The Balaban J connectivity index is 1.20. The lowest BCUT2D eigenvalue weighted by atomic mass is 9.93. The van der Waals surface area contributed by atoms with Gasteiger partial charge in [-0.1, -0.05) is 170 Å². The topological polar surface area (TPSA) is 29.5 Å². The zero-order valence-corrected chi connectivity index (χ0v) is 34.1. The molecule has 0 atom stereocenters. The van der Waals surface area contributed by atoms with Crippen LogP contribution in [0.5, 0.6) is 0 Å². The van der Waals surface area contributed by atoms with Crippen LogP contribution in [0.3, 0.4) is 0 Å². The fraction of sp³-hybridized carbons (Fsp3) is 0. The Morgan fingerprint density at radius 2 is 0.714 bits per heavy atom. The Morgan fingerprint density at radius 3 is 1.41 bits per heavy atom. The van der Waals surface area contributed by atoms with Gasteiger partial charge >= 0.3 is 0 Å². The summed E-state index contributed by atoms with van der Waals surface area (Å²) in [6.07, 6.45) is 0. The highest BCUT2D eigenvalue weighted by molar-refractivity contribution is 6.31. The molecule has 294 valence electrons. The number of nitrogens with zero attached hydrogens (tertiary/aromatic N) is 1. The van der Waals surface area contributed by atoms with Crippen molar-refractivity contribution in [2.45, 2.75) is 0 Å². The van der Waals surface area contributed by atoms with Crippen molar-refractivity contribution in [2.24, 2.45) is 0 Å². The lowest BCUT2D eigenvalue weighted by Crippen LogP contribution is -2.10. The van der Waals surface area contributed by atoms with Crippen LogP contribution in [-0.4, -0.2) is 0 Å². The highest BCUT2D eigenvalue weighted by atomic mass is 16.3. The largest absolute Gasteiger partial charge is 0.456 e. The van der Waals surface area contributed by atoms with E-state index in [9.17, 15) is 0 Å². The second kappa shape index (κ2) is 14.1. The van der Waals surface area contributed by atoms with E-state index in [0.717, 1.165) is 98.8 Å². The molecular weight excluding hydrogens is 767 g/mol. The normalized spacial score (nSPS) is 11.8. The van der Waals surface area contributed by atoms with Gasteiger partial charge in [-0.3, -0.25) is 0 Å². The summed E-state index contributed by atoms with van der Waals surface area (Å²) in [4.78, 5) is 2.40. The average molecular weight is 804 g/mol. The monoisotopic (exact) mass is 803 g/mol. The van der Waals surface area contributed by atoms with E-state index in [0.29, 0.717) is 0 Å². The highest BCUT2D eigenvalue weighted by Gasteiger charge is 2.21. The van der Waals surface area contributed by atoms with Crippen LogP contribution in [0.25, 0.3) is 109 Å². The molecule has 13 rings (SSSR count). The van der Waals surface area contributed by atoms with Gasteiger partial charge in [0.1, 0.15) is 22.3 Å². The third-order valence-corrected chi connectivity index (χ3v) is 12.9. The molecule has 0 aliphatic carbocycles. The third kappa shape index (κ3) is 5.53. The molecule has 0 saturated carbocycles. The van der Waals surface area contributed by atoms with E-state index in [1.165, 1.54) is 27.1 Å². The van der Waals surface area contributed by atoms with Gasteiger partial charge in [-0.05, 0) is 114 Å². The smallest absolute Gasteiger partial charge is 0.143 e. The van der Waals surface area contributed by atoms with Crippen LogP contribution >= 0.6 is 0 Å². The second-order valence-corrected chi connectivity index (χ2v) is 16.3. The SMILES string of the molecule is c1ccc(-c2ccc(N(c3ccc4c(c3)c3ccccc3c3ccccc3c3ccccc3c3c4ccc4c5ccccc5oc43)c3cccc4oc5ccccc5c34)cc2)cc1. The number of para-hydroxylation sites is 2. The van der Waals surface area contributed by atoms with Crippen molar-refractivity contribution in [2.75, 3.05) is 4.90 Å². The molecule has 2 heterocycles. The minimum Gasteiger partial charge on any atom is -0.456 e. The van der Waals surface area contributed by atoms with Gasteiger partial charge in [0.2, 0.25) is 0 Å². The van der Waals surface area contributed by atoms with Crippen LogP contribution in [0.15, 0.2) is 233 Å². The first-order valence-corrected chi connectivity index (χ1v) is 21.5. The molecule has 0 N–H and O–H groups in total. The Kier molecular flexibility index (Phi) is 7.91. The lowest BCUT2D eigenvalue weighted by Gasteiger charge is -2.27. The summed E-state index contributed by atoms with van der Waals surface area (Å²) in [5, 5.41) is 15.8. The second-order valence-electron chi connectivity index (χ2n) is 16.3. The fourth-order valence-corrected chi connectivity index (χ4v) is 10.1. The minimum absolute atomic E-state index is 0.850. The summed E-state index contributed by atoms with van der Waals surface area (Å²) in [5.74, 6) is 0. The first kappa shape index (κ1) is 35.4. The van der Waals surface area contributed by atoms with E-state index in [1.54, 1.807) is 0 Å². The van der Waals surface area contributed by atoms with Crippen molar-refractivity contribution in [3.8, 4) is 11.1 Å². The van der Waals surface area contributed by atoms with Crippen LogP contribution in [0.2, 0.25) is 0 Å². The van der Waals surface area contributed by atoms with Gasteiger partial charge in [0.05, 0.1) is 11.1 Å². The van der Waals surface area contributed by atoms with E-state index in [4.69, 9.17) is 8.83 Å². The molecule has 0 spiro atoms. The fourth-order valence-electron chi connectivity index (χ4n) is 10.1. The molecule has 0 saturated heterocycles. The van der Waals surface area contributed by atoms with Gasteiger partial charge in [-0.2, -0.15) is 0 Å². The summed E-state index contributed by atoms with van der Waals surface area (Å²) < 4.78 is 13.4. The van der Waals surface area contributed by atoms with Crippen LogP contribution in [-0.2, 0) is 0 Å². The average Bonchev–Trinajstić information content (AvgIpc) is 3.93. The van der Waals surface area contributed by atoms with Crippen molar-refractivity contribution in [1.29, 1.82) is 0 Å². The number of rotatable bonds is 4. The van der Waals surface area contributed by atoms with E-state index in [2.05, 4.69) is 223 Å². The summed E-state index contributed by atoms with van der Waals surface area (Å²) in [6, 6.07) is 80.7. The molecule has 11 aromatic carbocycles. The van der Waals surface area contributed by atoms with Crippen molar-refractivity contribution < 1.29 is 8.83 Å². The molecule has 0 bridgehead atoms. The summed E-state index contributed by atoms with van der Waals surface area (Å²) in [5.41, 5.74) is 8.96. The number of fused-ring (bicyclic) bond motifs is 17. The van der Waals surface area contributed by atoms with Gasteiger partial charge < -0.3 is 13.7 Å². The molecule has 2 aromatic heterocycles. The van der Waals surface area contributed by atoms with E-state index >= 15 is 0 Å². The molecule has 0 fully saturated rings. The molecule has 63 heavy (non-hydrogen) atoms. The number of anilines is 3. The molecule has 3 heteroatoms. The summed E-state index contributed by atoms with van der Waals surface area (Å²) in [7, 11) is 0. The Morgan fingerprint density at radius 1 is 0.254 bits per heavy atom. The van der Waals surface area contributed by atoms with Crippen molar-refractivity contribution in [1.82, 2.24) is 0 Å². The zero-order valence-electron chi connectivity index (χ0n) is 34.1. The van der Waals surface area contributed by atoms with E-state index in [-0.39, 0.29) is 0 Å². The highest BCUT2D eigenvalue weighted by Crippen LogP contribution is 2.46. The van der Waals surface area contributed by atoms with Gasteiger partial charge in [0.15, 0.2) is 0 Å². The predicted molar refractivity (Wildman–Crippen MR) is 266 cm³/mol. The standard InChI is InChI=1S/C60H37NO2/c1-2-15-38(16-3-1)39-29-31-40(32-30-39)61(54-25-14-28-57-59(54)52-24-11-13-27-56(52)62-57)41-33-34-47-50-35-36-51-48-22-10-12-26-55(48)63-60(51)58(50)49-23-9-8-20-45(49)43-18-5-4-17-42(43)44-19-6-7-21-46(44)53(47)37-41/h1-37H. The quantitative estimate of drug-likeness (QED) is 0.177. The van der Waals surface area contributed by atoms with Crippen molar-refractivity contribution in [3.63, 3.8) is 0 Å². The first-order valence-electron chi connectivity index (χ1n) is 21.5. The van der Waals surface area contributed by atoms with Crippen LogP contribution in [0.1, 0.15) is 0 Å². The summed E-state index contributed by atoms with van der Waals surface area (Å²) in [6.45, 7) is 0. The van der Waals surface area contributed by atoms with Crippen LogP contribution in [0, 0.1) is 0 Å². The van der Waals surface area contributed by atoms with E-state index < -0.39 is 0 Å². The van der Waals surface area contributed by atoms with Crippen molar-refractivity contribution in [3.05, 3.63) is 224 Å². The first-order chi connectivity index (χ1) is 31.3. The molecule has 0 aliphatic heterocycles. The molecule has 13 aromatic rings. The van der Waals surface area contributed by atoms with Crippen LogP contribution in [0.4, 0.5) is 17.1 Å². The lowest BCUT2D eigenvalue weighted by molar-refractivity contribution is 0.669. The van der Waals surface area contributed by atoms with Crippen LogP contribution < -0.4 is 4.90 Å². The Hall–Kier alpha value is -8.40. The van der Waals surface area contributed by atoms with Gasteiger partial charge in [-0.15, -0.1) is 0 Å². The Labute approximate surface area is 362 Å². The maximum Gasteiger partial charge on any atom is 0.143 e. The third-order valence-electron chi connectivity index (χ3n) is 12.9. The maximum absolute atomic E-state index is 6.92. The summed E-state index contributed by atoms with van der Waals surface area (Å²) >= 11 is 0. The Bertz CT molecular complexity index is 4030. The van der Waals surface area contributed by atoms with Gasteiger partial charge in [0.25, 0.3) is 0 Å². The molecule has 3 nitrogen and oxygen atoms in total. The van der Waals surface area contributed by atoms with Gasteiger partial charge in [-0.25, -0.2) is 0 Å². The molecule has 0 aliphatic rings. The molecular formula is C60H37NO2. The molecule has 0 unspecified atom stereocenters. The number of furan rings is 2. The zero-order chi connectivity index (χ0) is 41.4. The predicted octanol–water partition coefficient (Wildman–Crippen LogP) is 17.5. The van der Waals surface area contributed by atoms with Crippen molar-refractivity contribution >= 4 is 115 Å². The maximum atomic E-state index is 6.92. The molecule has 0 amide bonds. The molecule has 0 radical (unpaired) electrons. The number of hydrogen-bond acceptors (Lipinski definition) is 3.